The molecular formula is C26H30Cl2N2O6. The summed E-state index contributed by atoms with van der Waals surface area (Å²) in [4.78, 5) is 30.1. The number of Topliss-reactive ketones (excluding diaryl/α,β-unsaturated/α-hetero) is 1. The van der Waals surface area contributed by atoms with E-state index in [-0.39, 0.29) is 45.0 Å². The molecule has 3 rings (SSSR count). The van der Waals surface area contributed by atoms with E-state index in [0.717, 1.165) is 13.1 Å². The van der Waals surface area contributed by atoms with Gasteiger partial charge in [-0.25, -0.2) is 0 Å². The molecule has 1 unspecified atom stereocenters. The molecule has 0 bridgehead atoms. The standard InChI is InChI=1S/C26H30Cl2N2O6/c1-5-29(6-2)10-11-30-22(15-8-9-19(31)20(12-15)36-7-3)21(24(33)26(30)34)23(32)17-13-16(27)14-18(28)25(17)35-4/h8-9,12-14,22,31-32H,5-7,10-11H2,1-4H3/b23-21+. The molecule has 2 N–H and O–H groups in total. The number of benzene rings is 2. The van der Waals surface area contributed by atoms with Gasteiger partial charge in [0.1, 0.15) is 11.5 Å². The van der Waals surface area contributed by atoms with Crippen molar-refractivity contribution in [2.24, 2.45) is 0 Å². The number of aliphatic hydroxyl groups excluding tert-OH is 1. The van der Waals surface area contributed by atoms with Crippen LogP contribution in [0, 0.1) is 0 Å². The Hall–Kier alpha value is -2.94. The van der Waals surface area contributed by atoms with Crippen LogP contribution in [0.25, 0.3) is 5.76 Å². The second-order valence-electron chi connectivity index (χ2n) is 8.15. The van der Waals surface area contributed by atoms with Crippen molar-refractivity contribution >= 4 is 40.7 Å². The van der Waals surface area contributed by atoms with Crippen LogP contribution < -0.4 is 9.47 Å². The molecule has 2 aromatic rings. The highest BCUT2D eigenvalue weighted by Gasteiger charge is 2.46. The van der Waals surface area contributed by atoms with Gasteiger partial charge in [-0.3, -0.25) is 9.59 Å². The van der Waals surface area contributed by atoms with Crippen molar-refractivity contribution in [2.75, 3.05) is 39.9 Å². The lowest BCUT2D eigenvalue weighted by atomic mass is 9.94. The average Bonchev–Trinajstić information content (AvgIpc) is 3.10. The zero-order chi connectivity index (χ0) is 26.6. The molecule has 0 aliphatic carbocycles. The zero-order valence-corrected chi connectivity index (χ0v) is 22.2. The monoisotopic (exact) mass is 536 g/mol. The number of phenolic OH excluding ortho intramolecular Hbond substituents is 1. The molecule has 1 aliphatic rings. The van der Waals surface area contributed by atoms with Gasteiger partial charge in [0, 0.05) is 18.1 Å². The number of carbonyl (C=O) groups excluding carboxylic acids is 2. The third-order valence-corrected chi connectivity index (χ3v) is 6.66. The average molecular weight is 537 g/mol. The molecule has 1 heterocycles. The van der Waals surface area contributed by atoms with Gasteiger partial charge < -0.3 is 29.5 Å². The Bertz CT molecular complexity index is 1180. The van der Waals surface area contributed by atoms with Gasteiger partial charge in [0.2, 0.25) is 0 Å². The Morgan fingerprint density at radius 1 is 1.11 bits per heavy atom. The van der Waals surface area contributed by atoms with E-state index in [1.165, 1.54) is 30.2 Å². The number of likely N-dealkylation sites (tertiary alicyclic amines) is 1. The number of aliphatic hydroxyl groups is 1. The normalized spacial score (nSPS) is 17.2. The maximum atomic E-state index is 13.3. The summed E-state index contributed by atoms with van der Waals surface area (Å²) >= 11 is 12.4. The number of methoxy groups -OCH3 is 1. The van der Waals surface area contributed by atoms with Crippen LogP contribution in [0.1, 0.15) is 37.9 Å². The van der Waals surface area contributed by atoms with Gasteiger partial charge in [-0.15, -0.1) is 0 Å². The van der Waals surface area contributed by atoms with Crippen LogP contribution in [-0.2, 0) is 9.59 Å². The number of nitrogens with zero attached hydrogens (tertiary/aromatic N) is 2. The summed E-state index contributed by atoms with van der Waals surface area (Å²) in [6.07, 6.45) is 0. The number of rotatable bonds is 10. The van der Waals surface area contributed by atoms with Gasteiger partial charge in [0.25, 0.3) is 11.7 Å². The zero-order valence-electron chi connectivity index (χ0n) is 20.7. The van der Waals surface area contributed by atoms with E-state index in [1.54, 1.807) is 19.1 Å². The third kappa shape index (κ3) is 5.40. The van der Waals surface area contributed by atoms with Crippen molar-refractivity contribution in [3.05, 3.63) is 57.1 Å². The largest absolute Gasteiger partial charge is 0.507 e. The molecule has 2 aromatic carbocycles. The molecule has 0 radical (unpaired) electrons. The Morgan fingerprint density at radius 3 is 2.42 bits per heavy atom. The fraction of sp³-hybridized carbons (Fsp3) is 0.385. The number of halogens is 2. The molecule has 0 spiro atoms. The lowest BCUT2D eigenvalue weighted by molar-refractivity contribution is -0.140. The molecule has 36 heavy (non-hydrogen) atoms. The Morgan fingerprint density at radius 2 is 1.81 bits per heavy atom. The quantitative estimate of drug-likeness (QED) is 0.254. The summed E-state index contributed by atoms with van der Waals surface area (Å²) < 4.78 is 10.9. The van der Waals surface area contributed by atoms with Gasteiger partial charge >= 0.3 is 0 Å². The Balaban J connectivity index is 2.24. The molecule has 1 saturated heterocycles. The predicted octanol–water partition coefficient (Wildman–Crippen LogP) is 4.87. The fourth-order valence-corrected chi connectivity index (χ4v) is 4.88. The van der Waals surface area contributed by atoms with Crippen LogP contribution in [0.2, 0.25) is 10.0 Å². The van der Waals surface area contributed by atoms with Gasteiger partial charge in [0.05, 0.1) is 35.9 Å². The maximum Gasteiger partial charge on any atom is 0.295 e. The van der Waals surface area contributed by atoms with E-state index in [4.69, 9.17) is 32.7 Å². The third-order valence-electron chi connectivity index (χ3n) is 6.16. The highest BCUT2D eigenvalue weighted by atomic mass is 35.5. The van der Waals surface area contributed by atoms with E-state index < -0.39 is 23.5 Å². The van der Waals surface area contributed by atoms with E-state index in [9.17, 15) is 19.8 Å². The molecule has 0 saturated carbocycles. The minimum Gasteiger partial charge on any atom is -0.507 e. The summed E-state index contributed by atoms with van der Waals surface area (Å²) in [7, 11) is 1.38. The first-order chi connectivity index (χ1) is 17.2. The van der Waals surface area contributed by atoms with Crippen LogP contribution in [0.4, 0.5) is 0 Å². The number of carbonyl (C=O) groups is 2. The van der Waals surface area contributed by atoms with Gasteiger partial charge in [-0.05, 0) is 49.8 Å². The summed E-state index contributed by atoms with van der Waals surface area (Å²) in [5.41, 5.74) is 0.443. The fourth-order valence-electron chi connectivity index (χ4n) is 4.31. The van der Waals surface area contributed by atoms with Crippen LogP contribution in [0.3, 0.4) is 0 Å². The van der Waals surface area contributed by atoms with E-state index >= 15 is 0 Å². The lowest BCUT2D eigenvalue weighted by Crippen LogP contribution is -2.38. The molecule has 194 valence electrons. The number of aromatic hydroxyl groups is 1. The number of likely N-dealkylation sites (N-methyl/N-ethyl adjacent to an activating group) is 1. The topological polar surface area (TPSA) is 99.5 Å². The summed E-state index contributed by atoms with van der Waals surface area (Å²) in [5, 5.41) is 22.0. The second-order valence-corrected chi connectivity index (χ2v) is 8.99. The first-order valence-corrected chi connectivity index (χ1v) is 12.4. The molecule has 1 aliphatic heterocycles. The van der Waals surface area contributed by atoms with Gasteiger partial charge in [-0.2, -0.15) is 0 Å². The predicted molar refractivity (Wildman–Crippen MR) is 139 cm³/mol. The molecular weight excluding hydrogens is 507 g/mol. The van der Waals surface area contributed by atoms with Gasteiger partial charge in [-0.1, -0.05) is 43.1 Å². The smallest absolute Gasteiger partial charge is 0.295 e. The SMILES string of the molecule is CCOc1cc(C2/C(=C(\O)c3cc(Cl)cc(Cl)c3OC)C(=O)C(=O)N2CCN(CC)CC)ccc1O. The maximum absolute atomic E-state index is 13.3. The van der Waals surface area contributed by atoms with Crippen molar-refractivity contribution in [2.45, 2.75) is 26.8 Å². The van der Waals surface area contributed by atoms with Crippen molar-refractivity contribution in [1.29, 1.82) is 0 Å². The minimum atomic E-state index is -0.942. The first kappa shape index (κ1) is 27.6. The number of phenols is 1. The van der Waals surface area contributed by atoms with Crippen molar-refractivity contribution in [3.63, 3.8) is 0 Å². The Kier molecular flexibility index (Phi) is 9.11. The van der Waals surface area contributed by atoms with E-state index in [1.807, 2.05) is 13.8 Å². The van der Waals surface area contributed by atoms with Gasteiger partial charge in [0.15, 0.2) is 11.5 Å². The highest BCUT2D eigenvalue weighted by molar-refractivity contribution is 6.46. The second kappa shape index (κ2) is 11.9. The van der Waals surface area contributed by atoms with Crippen LogP contribution in [0.15, 0.2) is 35.9 Å². The number of ether oxygens (including phenoxy) is 2. The molecule has 1 atom stereocenters. The summed E-state index contributed by atoms with van der Waals surface area (Å²) in [5.74, 6) is -1.81. The lowest BCUT2D eigenvalue weighted by Gasteiger charge is -2.28. The van der Waals surface area contributed by atoms with E-state index in [0.29, 0.717) is 18.7 Å². The van der Waals surface area contributed by atoms with E-state index in [2.05, 4.69) is 4.90 Å². The van der Waals surface area contributed by atoms with Crippen molar-refractivity contribution in [3.8, 4) is 17.2 Å². The minimum absolute atomic E-state index is 0.0796. The summed E-state index contributed by atoms with van der Waals surface area (Å²) in [6, 6.07) is 6.52. The molecule has 1 fully saturated rings. The number of hydrogen-bond donors (Lipinski definition) is 2. The molecule has 0 aromatic heterocycles. The van der Waals surface area contributed by atoms with Crippen LogP contribution >= 0.6 is 23.2 Å². The summed E-state index contributed by atoms with van der Waals surface area (Å²) in [6.45, 7) is 8.42. The first-order valence-electron chi connectivity index (χ1n) is 11.7. The molecule has 1 amide bonds. The van der Waals surface area contributed by atoms with Crippen molar-refractivity contribution < 1.29 is 29.3 Å². The van der Waals surface area contributed by atoms with Crippen LogP contribution in [0.5, 0.6) is 17.2 Å². The highest BCUT2D eigenvalue weighted by Crippen LogP contribution is 2.44. The van der Waals surface area contributed by atoms with Crippen LogP contribution in [-0.4, -0.2) is 71.6 Å². The molecule has 10 heteroatoms. The number of ketones is 1. The van der Waals surface area contributed by atoms with Crippen molar-refractivity contribution in [1.82, 2.24) is 9.80 Å². The number of amides is 1. The number of hydrogen-bond acceptors (Lipinski definition) is 7. The molecule has 8 nitrogen and oxygen atoms in total. The Labute approximate surface area is 220 Å².